The van der Waals surface area contributed by atoms with E-state index in [4.69, 9.17) is 5.11 Å². The fraction of sp³-hybridized carbons (Fsp3) is 0.857. The summed E-state index contributed by atoms with van der Waals surface area (Å²) in [6, 6.07) is 0.309. The van der Waals surface area contributed by atoms with Gasteiger partial charge in [0.25, 0.3) is 0 Å². The highest BCUT2D eigenvalue weighted by Gasteiger charge is 2.37. The van der Waals surface area contributed by atoms with E-state index in [-0.39, 0.29) is 18.5 Å². The summed E-state index contributed by atoms with van der Waals surface area (Å²) < 4.78 is 0. The van der Waals surface area contributed by atoms with Gasteiger partial charge in [-0.3, -0.25) is 4.79 Å². The van der Waals surface area contributed by atoms with Crippen LogP contribution in [0.15, 0.2) is 0 Å². The van der Waals surface area contributed by atoms with Gasteiger partial charge in [-0.1, -0.05) is 13.3 Å². The van der Waals surface area contributed by atoms with E-state index in [0.29, 0.717) is 12.6 Å². The van der Waals surface area contributed by atoms with E-state index in [2.05, 4.69) is 6.92 Å². The van der Waals surface area contributed by atoms with E-state index in [1.54, 1.807) is 16.7 Å². The number of carboxylic acid groups (broad SMARTS) is 1. The van der Waals surface area contributed by atoms with Crippen molar-refractivity contribution < 1.29 is 14.7 Å². The number of carbonyl (C=O) groups excluding carboxylic acids is 1. The standard InChI is InChI=1S/C14H24N2O3S/c1-2-3-6-15(11-4-5-11)14(19)16-7-8-20-10-12(16)9-13(17)18/h11-12H,2-10H2,1H3,(H,17,18). The predicted molar refractivity (Wildman–Crippen MR) is 80.1 cm³/mol. The Morgan fingerprint density at radius 3 is 2.75 bits per heavy atom. The summed E-state index contributed by atoms with van der Waals surface area (Å²) in [5.41, 5.74) is 0. The fourth-order valence-corrected chi connectivity index (χ4v) is 3.65. The van der Waals surface area contributed by atoms with E-state index in [1.165, 1.54) is 0 Å². The molecule has 20 heavy (non-hydrogen) atoms. The minimum absolute atomic E-state index is 0.0605. The molecule has 114 valence electrons. The summed E-state index contributed by atoms with van der Waals surface area (Å²) in [6.45, 7) is 3.61. The summed E-state index contributed by atoms with van der Waals surface area (Å²) in [6.07, 6.45) is 4.35. The van der Waals surface area contributed by atoms with Crippen LogP contribution >= 0.6 is 11.8 Å². The van der Waals surface area contributed by atoms with E-state index in [1.807, 2.05) is 4.90 Å². The third-order valence-corrected chi connectivity index (χ3v) is 4.96. The van der Waals surface area contributed by atoms with Gasteiger partial charge in [0, 0.05) is 30.6 Å². The summed E-state index contributed by atoms with van der Waals surface area (Å²) in [7, 11) is 0. The van der Waals surface area contributed by atoms with Gasteiger partial charge >= 0.3 is 12.0 Å². The molecule has 5 nitrogen and oxygen atoms in total. The topological polar surface area (TPSA) is 60.9 Å². The number of rotatable bonds is 6. The molecule has 1 aliphatic carbocycles. The highest BCUT2D eigenvalue weighted by Crippen LogP contribution is 2.30. The monoisotopic (exact) mass is 300 g/mol. The van der Waals surface area contributed by atoms with Gasteiger partial charge in [-0.25, -0.2) is 4.79 Å². The fourth-order valence-electron chi connectivity index (χ4n) is 2.59. The van der Waals surface area contributed by atoms with Crippen molar-refractivity contribution in [3.05, 3.63) is 0 Å². The first kappa shape index (κ1) is 15.5. The molecule has 0 aromatic carbocycles. The van der Waals surface area contributed by atoms with Crippen LogP contribution in [0, 0.1) is 0 Å². The van der Waals surface area contributed by atoms with Crippen molar-refractivity contribution in [1.29, 1.82) is 0 Å². The Morgan fingerprint density at radius 1 is 1.40 bits per heavy atom. The Balaban J connectivity index is 2.00. The van der Waals surface area contributed by atoms with Gasteiger partial charge in [0.1, 0.15) is 0 Å². The summed E-state index contributed by atoms with van der Waals surface area (Å²) in [5.74, 6) is 0.834. The summed E-state index contributed by atoms with van der Waals surface area (Å²) >= 11 is 1.74. The van der Waals surface area contributed by atoms with Crippen LogP contribution < -0.4 is 0 Å². The number of unbranched alkanes of at least 4 members (excludes halogenated alkanes) is 1. The van der Waals surface area contributed by atoms with Gasteiger partial charge < -0.3 is 14.9 Å². The SMILES string of the molecule is CCCCN(C(=O)N1CCSCC1CC(=O)O)C1CC1. The molecule has 1 saturated carbocycles. The van der Waals surface area contributed by atoms with Crippen LogP contribution in [0.5, 0.6) is 0 Å². The minimum atomic E-state index is -0.818. The Kier molecular flexibility index (Phi) is 5.57. The molecule has 1 aliphatic heterocycles. The van der Waals surface area contributed by atoms with Crippen LogP contribution in [0.25, 0.3) is 0 Å². The number of hydrogen-bond donors (Lipinski definition) is 1. The lowest BCUT2D eigenvalue weighted by Gasteiger charge is -2.38. The Bertz CT molecular complexity index is 360. The van der Waals surface area contributed by atoms with Crippen molar-refractivity contribution in [3.8, 4) is 0 Å². The van der Waals surface area contributed by atoms with Gasteiger partial charge in [0.15, 0.2) is 0 Å². The smallest absolute Gasteiger partial charge is 0.320 e. The maximum absolute atomic E-state index is 12.7. The van der Waals surface area contributed by atoms with Crippen LogP contribution in [-0.2, 0) is 4.79 Å². The zero-order chi connectivity index (χ0) is 14.5. The van der Waals surface area contributed by atoms with Crippen molar-refractivity contribution in [3.63, 3.8) is 0 Å². The molecule has 2 aliphatic rings. The van der Waals surface area contributed by atoms with Crippen molar-refractivity contribution in [1.82, 2.24) is 9.80 Å². The molecule has 0 aromatic heterocycles. The first-order valence-corrected chi connectivity index (χ1v) is 8.65. The molecule has 0 radical (unpaired) electrons. The normalized spacial score (nSPS) is 22.6. The number of amides is 2. The second-order valence-electron chi connectivity index (χ2n) is 5.58. The van der Waals surface area contributed by atoms with Gasteiger partial charge in [0.05, 0.1) is 12.5 Å². The predicted octanol–water partition coefficient (Wildman–Crippen LogP) is 2.26. The molecule has 2 fully saturated rings. The third kappa shape index (κ3) is 4.04. The second kappa shape index (κ2) is 7.20. The van der Waals surface area contributed by atoms with Crippen molar-refractivity contribution in [2.75, 3.05) is 24.6 Å². The number of carboxylic acids is 1. The first-order chi connectivity index (χ1) is 9.63. The number of aliphatic carboxylic acids is 1. The zero-order valence-electron chi connectivity index (χ0n) is 12.1. The van der Waals surface area contributed by atoms with Gasteiger partial charge in [-0.05, 0) is 19.3 Å². The molecule has 1 N–H and O–H groups in total. The molecular weight excluding hydrogens is 276 g/mol. The quantitative estimate of drug-likeness (QED) is 0.817. The van der Waals surface area contributed by atoms with Gasteiger partial charge in [-0.15, -0.1) is 0 Å². The highest BCUT2D eigenvalue weighted by molar-refractivity contribution is 7.99. The van der Waals surface area contributed by atoms with Crippen molar-refractivity contribution >= 4 is 23.8 Å². The Hall–Kier alpha value is -0.910. The summed E-state index contributed by atoms with van der Waals surface area (Å²) in [4.78, 5) is 27.5. The largest absolute Gasteiger partial charge is 0.481 e. The first-order valence-electron chi connectivity index (χ1n) is 7.50. The molecule has 0 bridgehead atoms. The minimum Gasteiger partial charge on any atom is -0.481 e. The number of thioether (sulfide) groups is 1. The molecule has 6 heteroatoms. The molecule has 2 amide bonds. The zero-order valence-corrected chi connectivity index (χ0v) is 12.9. The lowest BCUT2D eigenvalue weighted by Crippen LogP contribution is -2.53. The molecule has 1 atom stereocenters. The lowest BCUT2D eigenvalue weighted by molar-refractivity contribution is -0.138. The highest BCUT2D eigenvalue weighted by atomic mass is 32.2. The van der Waals surface area contributed by atoms with Crippen LogP contribution in [0.1, 0.15) is 39.0 Å². The van der Waals surface area contributed by atoms with Gasteiger partial charge in [0.2, 0.25) is 0 Å². The maximum atomic E-state index is 12.7. The average Bonchev–Trinajstić information content (AvgIpc) is 3.23. The van der Waals surface area contributed by atoms with Crippen LogP contribution in [0.2, 0.25) is 0 Å². The van der Waals surface area contributed by atoms with Crippen molar-refractivity contribution in [2.24, 2.45) is 0 Å². The van der Waals surface area contributed by atoms with E-state index >= 15 is 0 Å². The number of carbonyl (C=O) groups is 2. The molecular formula is C14H24N2O3S. The third-order valence-electron chi connectivity index (χ3n) is 3.87. The van der Waals surface area contributed by atoms with Crippen molar-refractivity contribution in [2.45, 2.75) is 51.1 Å². The van der Waals surface area contributed by atoms with Crippen LogP contribution in [-0.4, -0.2) is 63.6 Å². The Labute approximate surface area is 124 Å². The average molecular weight is 300 g/mol. The molecule has 1 unspecified atom stereocenters. The summed E-state index contributed by atoms with van der Waals surface area (Å²) in [5, 5.41) is 9.01. The number of hydrogen-bond acceptors (Lipinski definition) is 3. The van der Waals surface area contributed by atoms with E-state index < -0.39 is 5.97 Å². The molecule has 1 heterocycles. The molecule has 2 rings (SSSR count). The lowest BCUT2D eigenvalue weighted by atomic mass is 10.2. The van der Waals surface area contributed by atoms with E-state index in [9.17, 15) is 9.59 Å². The second-order valence-corrected chi connectivity index (χ2v) is 6.73. The van der Waals surface area contributed by atoms with E-state index in [0.717, 1.165) is 43.7 Å². The molecule has 0 spiro atoms. The number of urea groups is 1. The maximum Gasteiger partial charge on any atom is 0.320 e. The van der Waals surface area contributed by atoms with Gasteiger partial charge in [-0.2, -0.15) is 11.8 Å². The molecule has 0 aromatic rings. The Morgan fingerprint density at radius 2 is 2.15 bits per heavy atom. The van der Waals surface area contributed by atoms with Crippen LogP contribution in [0.4, 0.5) is 4.79 Å². The number of nitrogens with zero attached hydrogens (tertiary/aromatic N) is 2. The molecule has 1 saturated heterocycles. The van der Waals surface area contributed by atoms with Crippen LogP contribution in [0.3, 0.4) is 0 Å².